The van der Waals surface area contributed by atoms with Gasteiger partial charge in [-0.1, -0.05) is 5.21 Å². The summed E-state index contributed by atoms with van der Waals surface area (Å²) in [5.41, 5.74) is -0.269. The Bertz CT molecular complexity index is 1230. The van der Waals surface area contributed by atoms with E-state index in [-0.39, 0.29) is 35.5 Å². The molecule has 0 radical (unpaired) electrons. The topological polar surface area (TPSA) is 126 Å². The van der Waals surface area contributed by atoms with Gasteiger partial charge < -0.3 is 19.7 Å². The van der Waals surface area contributed by atoms with Crippen LogP contribution in [0.4, 0.5) is 10.2 Å². The van der Waals surface area contributed by atoms with Crippen molar-refractivity contribution in [3.8, 4) is 0 Å². The molecule has 5 rings (SSSR count). The first-order valence-corrected chi connectivity index (χ1v) is 10.2. The number of aliphatic hydroxyl groups is 1. The van der Waals surface area contributed by atoms with Crippen LogP contribution in [-0.4, -0.2) is 53.8 Å². The van der Waals surface area contributed by atoms with Gasteiger partial charge in [0.05, 0.1) is 24.2 Å². The number of piperidine rings is 1. The van der Waals surface area contributed by atoms with Gasteiger partial charge in [0.2, 0.25) is 5.43 Å². The maximum atomic E-state index is 15.0. The molecule has 3 aromatic heterocycles. The van der Waals surface area contributed by atoms with Crippen LogP contribution < -0.4 is 10.3 Å². The first-order valence-electron chi connectivity index (χ1n) is 10.2. The number of anilines is 1. The van der Waals surface area contributed by atoms with Crippen LogP contribution in [0.1, 0.15) is 53.8 Å². The van der Waals surface area contributed by atoms with Gasteiger partial charge >= 0.3 is 5.97 Å². The lowest BCUT2D eigenvalue weighted by atomic mass is 10.1. The summed E-state index contributed by atoms with van der Waals surface area (Å²) in [5, 5.41) is 26.4. The molecule has 1 aliphatic carbocycles. The van der Waals surface area contributed by atoms with E-state index in [1.54, 1.807) is 15.4 Å². The minimum atomic E-state index is -1.33. The van der Waals surface area contributed by atoms with E-state index in [1.165, 1.54) is 6.20 Å². The van der Waals surface area contributed by atoms with Crippen LogP contribution in [0.3, 0.4) is 0 Å². The van der Waals surface area contributed by atoms with Gasteiger partial charge in [0, 0.05) is 25.3 Å². The highest BCUT2D eigenvalue weighted by Gasteiger charge is 2.30. The lowest BCUT2D eigenvalue weighted by Gasteiger charge is -2.33. The third-order valence-electron chi connectivity index (χ3n) is 5.97. The molecule has 0 bridgehead atoms. The summed E-state index contributed by atoms with van der Waals surface area (Å²) in [6.07, 6.45) is 6.16. The Balaban J connectivity index is 1.47. The Morgan fingerprint density at radius 1 is 1.16 bits per heavy atom. The Morgan fingerprint density at radius 3 is 2.52 bits per heavy atom. The number of aliphatic hydroxyl groups excluding tert-OH is 1. The molecule has 0 amide bonds. The van der Waals surface area contributed by atoms with Crippen LogP contribution >= 0.6 is 0 Å². The third-order valence-corrected chi connectivity index (χ3v) is 5.97. The second kappa shape index (κ2) is 7.41. The van der Waals surface area contributed by atoms with Crippen molar-refractivity contribution in [1.82, 2.24) is 24.5 Å². The van der Waals surface area contributed by atoms with Gasteiger partial charge in [-0.2, -0.15) is 0 Å². The highest BCUT2D eigenvalue weighted by Crippen LogP contribution is 2.37. The number of aromatic carboxylic acids is 1. The van der Waals surface area contributed by atoms with Crippen molar-refractivity contribution in [2.75, 3.05) is 18.0 Å². The van der Waals surface area contributed by atoms with Crippen LogP contribution in [0.2, 0.25) is 0 Å². The summed E-state index contributed by atoms with van der Waals surface area (Å²) in [7, 11) is 0. The number of hydrogen-bond acceptors (Lipinski definition) is 7. The normalized spacial score (nSPS) is 17.4. The number of carboxylic acids is 1. The largest absolute Gasteiger partial charge is 0.477 e. The molecule has 1 saturated heterocycles. The number of fused-ring (bicyclic) bond motifs is 1. The minimum Gasteiger partial charge on any atom is -0.477 e. The van der Waals surface area contributed by atoms with E-state index in [2.05, 4.69) is 15.3 Å². The summed E-state index contributed by atoms with van der Waals surface area (Å²) in [6, 6.07) is 1.28. The molecule has 31 heavy (non-hydrogen) atoms. The number of hydrogen-bond donors (Lipinski definition) is 2. The van der Waals surface area contributed by atoms with Crippen LogP contribution in [-0.2, 0) is 6.61 Å². The van der Waals surface area contributed by atoms with Crippen LogP contribution in [0.25, 0.3) is 11.0 Å². The molecule has 2 fully saturated rings. The number of rotatable bonds is 5. The second-order valence-corrected chi connectivity index (χ2v) is 8.05. The van der Waals surface area contributed by atoms with Crippen LogP contribution in [0, 0.1) is 5.82 Å². The van der Waals surface area contributed by atoms with E-state index >= 15 is 0 Å². The quantitative estimate of drug-likeness (QED) is 0.626. The van der Waals surface area contributed by atoms with Crippen molar-refractivity contribution in [3.63, 3.8) is 0 Å². The van der Waals surface area contributed by atoms with E-state index in [4.69, 9.17) is 5.11 Å². The van der Waals surface area contributed by atoms with Gasteiger partial charge in [0.15, 0.2) is 11.6 Å². The van der Waals surface area contributed by atoms with Crippen molar-refractivity contribution in [2.45, 2.75) is 44.4 Å². The van der Waals surface area contributed by atoms with Crippen molar-refractivity contribution in [1.29, 1.82) is 0 Å². The van der Waals surface area contributed by atoms with Gasteiger partial charge in [0.1, 0.15) is 16.9 Å². The van der Waals surface area contributed by atoms with E-state index in [9.17, 15) is 19.1 Å². The standard InChI is InChI=1S/C20H21FN6O4/c21-16-7-14-17(29)15(20(30)31)9-26(12-1-2-12)18(14)22-19(16)25-5-3-13(4-6-25)27-8-11(10-28)23-24-27/h7-9,12-13,28H,1-6,10H2,(H,30,31). The highest BCUT2D eigenvalue weighted by atomic mass is 19.1. The molecule has 0 aromatic carbocycles. The molecule has 1 saturated carbocycles. The van der Waals surface area contributed by atoms with E-state index in [0.29, 0.717) is 37.3 Å². The van der Waals surface area contributed by atoms with Crippen LogP contribution in [0.15, 0.2) is 23.3 Å². The molecule has 3 aromatic rings. The smallest absolute Gasteiger partial charge is 0.341 e. The Kier molecular flexibility index (Phi) is 4.69. The molecule has 11 heteroatoms. The second-order valence-electron chi connectivity index (χ2n) is 8.05. The lowest BCUT2D eigenvalue weighted by Crippen LogP contribution is -2.36. The molecule has 1 aliphatic heterocycles. The number of pyridine rings is 2. The molecular formula is C20H21FN6O4. The molecule has 162 valence electrons. The Morgan fingerprint density at radius 2 is 1.90 bits per heavy atom. The average Bonchev–Trinajstić information content (AvgIpc) is 3.50. The van der Waals surface area contributed by atoms with Gasteiger partial charge in [-0.25, -0.2) is 18.9 Å². The molecular weight excluding hydrogens is 407 g/mol. The molecule has 2 aliphatic rings. The van der Waals surface area contributed by atoms with Gasteiger partial charge in [-0.05, 0) is 31.7 Å². The van der Waals surface area contributed by atoms with E-state index < -0.39 is 17.2 Å². The average molecular weight is 428 g/mol. The lowest BCUT2D eigenvalue weighted by molar-refractivity contribution is 0.0695. The van der Waals surface area contributed by atoms with E-state index in [0.717, 1.165) is 18.9 Å². The number of halogens is 1. The zero-order valence-corrected chi connectivity index (χ0v) is 16.6. The number of carbonyl (C=O) groups is 1. The summed E-state index contributed by atoms with van der Waals surface area (Å²) >= 11 is 0. The first kappa shape index (κ1) is 19.6. The van der Waals surface area contributed by atoms with Crippen molar-refractivity contribution in [2.24, 2.45) is 0 Å². The third kappa shape index (κ3) is 3.44. The molecule has 0 unspecified atom stereocenters. The van der Waals surface area contributed by atoms with Gasteiger partial charge in [-0.15, -0.1) is 5.10 Å². The van der Waals surface area contributed by atoms with Crippen LogP contribution in [0.5, 0.6) is 0 Å². The Labute approximate surface area is 175 Å². The summed E-state index contributed by atoms with van der Waals surface area (Å²) in [6.45, 7) is 0.905. The number of carboxylic acid groups (broad SMARTS) is 1. The maximum absolute atomic E-state index is 15.0. The molecule has 10 nitrogen and oxygen atoms in total. The Hall–Kier alpha value is -3.34. The van der Waals surface area contributed by atoms with Gasteiger partial charge in [0.25, 0.3) is 0 Å². The monoisotopic (exact) mass is 428 g/mol. The maximum Gasteiger partial charge on any atom is 0.341 e. The fourth-order valence-electron chi connectivity index (χ4n) is 4.15. The predicted molar refractivity (Wildman–Crippen MR) is 108 cm³/mol. The van der Waals surface area contributed by atoms with Crippen molar-refractivity contribution in [3.05, 3.63) is 45.8 Å². The molecule has 0 spiro atoms. The number of nitrogens with zero attached hydrogens (tertiary/aromatic N) is 6. The summed E-state index contributed by atoms with van der Waals surface area (Å²) < 4.78 is 18.4. The molecule has 0 atom stereocenters. The zero-order chi connectivity index (χ0) is 21.7. The predicted octanol–water partition coefficient (Wildman–Crippen LogP) is 1.49. The van der Waals surface area contributed by atoms with Crippen molar-refractivity contribution < 1.29 is 19.4 Å². The minimum absolute atomic E-state index is 0.0120. The molecule has 2 N–H and O–H groups in total. The van der Waals surface area contributed by atoms with E-state index in [1.807, 2.05) is 4.90 Å². The fourth-order valence-corrected chi connectivity index (χ4v) is 4.15. The number of aromatic nitrogens is 5. The fraction of sp³-hybridized carbons (Fsp3) is 0.450. The SMILES string of the molecule is O=C(O)c1cn(C2CC2)c2nc(N3CCC(n4cc(CO)nn4)CC3)c(F)cc2c1=O. The first-order chi connectivity index (χ1) is 15.0. The highest BCUT2D eigenvalue weighted by molar-refractivity contribution is 5.92. The summed E-state index contributed by atoms with van der Waals surface area (Å²) in [5.74, 6) is -1.81. The van der Waals surface area contributed by atoms with Crippen molar-refractivity contribution >= 4 is 22.8 Å². The summed E-state index contributed by atoms with van der Waals surface area (Å²) in [4.78, 5) is 30.4. The van der Waals surface area contributed by atoms with Gasteiger partial charge in [-0.3, -0.25) is 4.79 Å². The zero-order valence-electron chi connectivity index (χ0n) is 16.6. The molecule has 4 heterocycles.